The van der Waals surface area contributed by atoms with Crippen LogP contribution in [0.1, 0.15) is 29.8 Å². The minimum atomic E-state index is -0.336. The lowest BCUT2D eigenvalue weighted by molar-refractivity contribution is 0.102. The first-order chi connectivity index (χ1) is 10.9. The lowest BCUT2D eigenvalue weighted by Gasteiger charge is -2.15. The molecule has 0 fully saturated rings. The van der Waals surface area contributed by atoms with Gasteiger partial charge in [-0.2, -0.15) is 0 Å². The third-order valence-electron chi connectivity index (χ3n) is 3.23. The van der Waals surface area contributed by atoms with Crippen molar-refractivity contribution in [2.45, 2.75) is 26.9 Å². The highest BCUT2D eigenvalue weighted by atomic mass is 19.1. The average molecular weight is 317 g/mol. The van der Waals surface area contributed by atoms with E-state index in [1.165, 1.54) is 25.3 Å². The van der Waals surface area contributed by atoms with Crippen molar-refractivity contribution in [2.75, 3.05) is 12.4 Å². The molecule has 2 aromatic rings. The predicted molar refractivity (Wildman–Crippen MR) is 87.8 cm³/mol. The first kappa shape index (κ1) is 16.8. The molecule has 0 aliphatic heterocycles. The van der Waals surface area contributed by atoms with Crippen LogP contribution in [0.4, 0.5) is 10.1 Å². The van der Waals surface area contributed by atoms with Gasteiger partial charge in [0.25, 0.3) is 5.91 Å². The Hall–Kier alpha value is -2.56. The fourth-order valence-electron chi connectivity index (χ4n) is 2.12. The van der Waals surface area contributed by atoms with Crippen LogP contribution >= 0.6 is 0 Å². The van der Waals surface area contributed by atoms with Crippen molar-refractivity contribution < 1.29 is 18.7 Å². The third-order valence-corrected chi connectivity index (χ3v) is 3.23. The molecular weight excluding hydrogens is 297 g/mol. The number of anilines is 1. The SMILES string of the molecule is COc1cc(C(=O)Nc2ccc(F)cc2C)ccc1OC(C)C. The van der Waals surface area contributed by atoms with Crippen LogP contribution in [0.25, 0.3) is 0 Å². The molecule has 122 valence electrons. The zero-order valence-electron chi connectivity index (χ0n) is 13.6. The van der Waals surface area contributed by atoms with Gasteiger partial charge in [-0.05, 0) is 62.7 Å². The smallest absolute Gasteiger partial charge is 0.255 e. The Morgan fingerprint density at radius 3 is 2.48 bits per heavy atom. The average Bonchev–Trinajstić information content (AvgIpc) is 2.49. The van der Waals surface area contributed by atoms with Gasteiger partial charge in [0.1, 0.15) is 5.82 Å². The topological polar surface area (TPSA) is 47.6 Å². The van der Waals surface area contributed by atoms with Crippen molar-refractivity contribution in [3.8, 4) is 11.5 Å². The molecule has 0 atom stereocenters. The van der Waals surface area contributed by atoms with E-state index in [4.69, 9.17) is 9.47 Å². The Labute approximate surface area is 135 Å². The van der Waals surface area contributed by atoms with Crippen molar-refractivity contribution >= 4 is 11.6 Å². The number of amides is 1. The molecule has 2 aromatic carbocycles. The molecular formula is C18H20FNO3. The molecule has 4 nitrogen and oxygen atoms in total. The second kappa shape index (κ2) is 7.13. The maximum absolute atomic E-state index is 13.1. The van der Waals surface area contributed by atoms with Crippen molar-refractivity contribution in [3.05, 3.63) is 53.3 Å². The number of carbonyl (C=O) groups excluding carboxylic acids is 1. The van der Waals surface area contributed by atoms with E-state index >= 15 is 0 Å². The van der Waals surface area contributed by atoms with Gasteiger partial charge in [0, 0.05) is 11.3 Å². The number of halogens is 1. The Balaban J connectivity index is 2.22. The zero-order chi connectivity index (χ0) is 17.0. The summed E-state index contributed by atoms with van der Waals surface area (Å²) in [5.41, 5.74) is 1.66. The number of carbonyl (C=O) groups is 1. The lowest BCUT2D eigenvalue weighted by atomic mass is 10.1. The highest BCUT2D eigenvalue weighted by molar-refractivity contribution is 6.05. The zero-order valence-corrected chi connectivity index (χ0v) is 13.6. The molecule has 0 saturated carbocycles. The predicted octanol–water partition coefficient (Wildman–Crippen LogP) is 4.18. The highest BCUT2D eigenvalue weighted by Gasteiger charge is 2.13. The molecule has 1 amide bonds. The Bertz CT molecular complexity index is 713. The van der Waals surface area contributed by atoms with Crippen molar-refractivity contribution in [3.63, 3.8) is 0 Å². The van der Waals surface area contributed by atoms with Gasteiger partial charge >= 0.3 is 0 Å². The monoisotopic (exact) mass is 317 g/mol. The quantitative estimate of drug-likeness (QED) is 0.900. The van der Waals surface area contributed by atoms with Crippen molar-refractivity contribution in [1.29, 1.82) is 0 Å². The summed E-state index contributed by atoms with van der Waals surface area (Å²) >= 11 is 0. The second-order valence-electron chi connectivity index (χ2n) is 5.45. The fraction of sp³-hybridized carbons (Fsp3) is 0.278. The molecule has 0 bridgehead atoms. The minimum absolute atomic E-state index is 0.00504. The molecule has 0 unspecified atom stereocenters. The van der Waals surface area contributed by atoms with Gasteiger partial charge in [0.05, 0.1) is 13.2 Å². The number of ether oxygens (including phenoxy) is 2. The van der Waals surface area contributed by atoms with Gasteiger partial charge in [-0.15, -0.1) is 0 Å². The normalized spacial score (nSPS) is 10.5. The largest absolute Gasteiger partial charge is 0.493 e. The first-order valence-electron chi connectivity index (χ1n) is 7.33. The Morgan fingerprint density at radius 2 is 1.87 bits per heavy atom. The third kappa shape index (κ3) is 4.22. The summed E-state index contributed by atoms with van der Waals surface area (Å²) in [6.45, 7) is 5.56. The van der Waals surface area contributed by atoms with Crippen LogP contribution in [0.2, 0.25) is 0 Å². The molecule has 0 aliphatic rings. The van der Waals surface area contributed by atoms with Crippen LogP contribution in [0.15, 0.2) is 36.4 Å². The summed E-state index contributed by atoms with van der Waals surface area (Å²) in [4.78, 5) is 12.4. The van der Waals surface area contributed by atoms with Gasteiger partial charge in [-0.25, -0.2) is 4.39 Å². The van der Waals surface area contributed by atoms with Gasteiger partial charge in [-0.3, -0.25) is 4.79 Å². The van der Waals surface area contributed by atoms with Gasteiger partial charge < -0.3 is 14.8 Å². The van der Waals surface area contributed by atoms with E-state index in [-0.39, 0.29) is 17.8 Å². The summed E-state index contributed by atoms with van der Waals surface area (Å²) in [5, 5.41) is 2.76. The van der Waals surface area contributed by atoms with E-state index in [1.54, 1.807) is 25.1 Å². The van der Waals surface area contributed by atoms with Crippen LogP contribution < -0.4 is 14.8 Å². The van der Waals surface area contributed by atoms with Gasteiger partial charge in [0.15, 0.2) is 11.5 Å². The minimum Gasteiger partial charge on any atom is -0.493 e. The van der Waals surface area contributed by atoms with E-state index in [0.717, 1.165) is 0 Å². The number of hydrogen-bond donors (Lipinski definition) is 1. The van der Waals surface area contributed by atoms with Gasteiger partial charge in [-0.1, -0.05) is 0 Å². The van der Waals surface area contributed by atoms with Crippen LogP contribution in [-0.2, 0) is 0 Å². The maximum Gasteiger partial charge on any atom is 0.255 e. The standard InChI is InChI=1S/C18H20FNO3/c1-11(2)23-16-8-5-13(10-17(16)22-4)18(21)20-15-7-6-14(19)9-12(15)3/h5-11H,1-4H3,(H,20,21). The van der Waals surface area contributed by atoms with E-state index in [9.17, 15) is 9.18 Å². The van der Waals surface area contributed by atoms with Crippen LogP contribution in [-0.4, -0.2) is 19.1 Å². The molecule has 0 aromatic heterocycles. The van der Waals surface area contributed by atoms with E-state index in [0.29, 0.717) is 28.3 Å². The van der Waals surface area contributed by atoms with Crippen molar-refractivity contribution in [2.24, 2.45) is 0 Å². The van der Waals surface area contributed by atoms with Crippen molar-refractivity contribution in [1.82, 2.24) is 0 Å². The molecule has 0 aliphatic carbocycles. The maximum atomic E-state index is 13.1. The summed E-state index contributed by atoms with van der Waals surface area (Å²) < 4.78 is 24.0. The van der Waals surface area contributed by atoms with Crippen LogP contribution in [0.3, 0.4) is 0 Å². The molecule has 0 heterocycles. The fourth-order valence-corrected chi connectivity index (χ4v) is 2.12. The molecule has 0 radical (unpaired) electrons. The van der Waals surface area contributed by atoms with Gasteiger partial charge in [0.2, 0.25) is 0 Å². The Morgan fingerprint density at radius 1 is 1.13 bits per heavy atom. The molecule has 1 N–H and O–H groups in total. The number of benzene rings is 2. The molecule has 0 saturated heterocycles. The number of nitrogens with one attached hydrogen (secondary N) is 1. The second-order valence-corrected chi connectivity index (χ2v) is 5.45. The number of methoxy groups -OCH3 is 1. The number of rotatable bonds is 5. The number of aryl methyl sites for hydroxylation is 1. The summed E-state index contributed by atoms with van der Waals surface area (Å²) in [6.07, 6.45) is 0.00504. The number of hydrogen-bond acceptors (Lipinski definition) is 3. The van der Waals surface area contributed by atoms with Crippen LogP contribution in [0.5, 0.6) is 11.5 Å². The molecule has 5 heteroatoms. The van der Waals surface area contributed by atoms with E-state index in [2.05, 4.69) is 5.32 Å². The summed E-state index contributed by atoms with van der Waals surface area (Å²) in [6, 6.07) is 9.19. The van der Waals surface area contributed by atoms with E-state index in [1.807, 2.05) is 13.8 Å². The molecule has 23 heavy (non-hydrogen) atoms. The van der Waals surface area contributed by atoms with Crippen LogP contribution in [0, 0.1) is 12.7 Å². The summed E-state index contributed by atoms with van der Waals surface area (Å²) in [5.74, 6) is 0.436. The molecule has 2 rings (SSSR count). The highest BCUT2D eigenvalue weighted by Crippen LogP contribution is 2.29. The van der Waals surface area contributed by atoms with E-state index < -0.39 is 0 Å². The first-order valence-corrected chi connectivity index (χ1v) is 7.33. The Kier molecular flexibility index (Phi) is 5.21. The molecule has 0 spiro atoms. The lowest BCUT2D eigenvalue weighted by Crippen LogP contribution is -2.13. The summed E-state index contributed by atoms with van der Waals surface area (Å²) in [7, 11) is 1.52.